The van der Waals surface area contributed by atoms with Crippen molar-refractivity contribution in [2.45, 2.75) is 61.9 Å². The van der Waals surface area contributed by atoms with Gasteiger partial charge in [-0.15, -0.1) is 16.7 Å². The Morgan fingerprint density at radius 3 is 2.29 bits per heavy atom. The van der Waals surface area contributed by atoms with E-state index in [1.807, 2.05) is 72.7 Å². The highest BCUT2D eigenvalue weighted by atomic mass is 32.2. The number of amides is 1. The first-order valence-corrected chi connectivity index (χ1v) is 12.9. The van der Waals surface area contributed by atoms with Crippen LogP contribution in [0.25, 0.3) is 0 Å². The molecule has 176 valence electrons. The van der Waals surface area contributed by atoms with E-state index < -0.39 is 0 Å². The van der Waals surface area contributed by atoms with Gasteiger partial charge in [0.2, 0.25) is 5.91 Å². The zero-order chi connectivity index (χ0) is 24.5. The highest BCUT2D eigenvalue weighted by Gasteiger charge is 2.03. The third-order valence-corrected chi connectivity index (χ3v) is 5.43. The van der Waals surface area contributed by atoms with Crippen LogP contribution in [0.1, 0.15) is 61.1 Å². The molecule has 1 aromatic heterocycles. The van der Waals surface area contributed by atoms with E-state index in [4.69, 9.17) is 0 Å². The van der Waals surface area contributed by atoms with Crippen molar-refractivity contribution >= 4 is 29.4 Å². The Bertz CT molecular complexity index is 645. The molecule has 0 atom stereocenters. The van der Waals surface area contributed by atoms with E-state index in [-0.39, 0.29) is 5.91 Å². The first kappa shape index (κ1) is 33.8. The molecule has 7 heteroatoms. The van der Waals surface area contributed by atoms with Gasteiger partial charge in [0.15, 0.2) is 0 Å². The summed E-state index contributed by atoms with van der Waals surface area (Å²) in [6, 6.07) is 5.62. The maximum absolute atomic E-state index is 11.8. The third-order valence-electron chi connectivity index (χ3n) is 3.19. The van der Waals surface area contributed by atoms with Crippen LogP contribution in [-0.2, 0) is 11.3 Å². The molecule has 1 N–H and O–H groups in total. The van der Waals surface area contributed by atoms with Crippen molar-refractivity contribution in [2.75, 3.05) is 17.3 Å². The molecule has 0 spiro atoms. The largest absolute Gasteiger partial charge is 0.350 e. The Morgan fingerprint density at radius 1 is 1.13 bits per heavy atom. The van der Waals surface area contributed by atoms with Crippen LogP contribution in [0.3, 0.4) is 0 Å². The first-order valence-electron chi connectivity index (χ1n) is 10.8. The van der Waals surface area contributed by atoms with Crippen molar-refractivity contribution in [1.29, 1.82) is 0 Å². The van der Waals surface area contributed by atoms with Gasteiger partial charge in [0.25, 0.3) is 0 Å². The van der Waals surface area contributed by atoms with Crippen molar-refractivity contribution in [2.24, 2.45) is 5.18 Å². The van der Waals surface area contributed by atoms with Crippen LogP contribution < -0.4 is 5.32 Å². The summed E-state index contributed by atoms with van der Waals surface area (Å²) in [7, 11) is 0. The number of hydrogen-bond acceptors (Lipinski definition) is 6. The Kier molecular flexibility index (Phi) is 28.5. The number of nitroso groups, excluding NO2 is 1. The number of hydrogen-bond donors (Lipinski definition) is 1. The second-order valence-corrected chi connectivity index (χ2v) is 7.38. The SMILES string of the molecule is C=C/C(=C\C(C)=C(/C)N=O)SCCSCC(=O)NCc1ccccn1.CC.CC.CC. The molecule has 1 heterocycles. The normalized spacial score (nSPS) is 10.5. The molecule has 5 nitrogen and oxygen atoms in total. The van der Waals surface area contributed by atoms with Gasteiger partial charge < -0.3 is 5.32 Å². The van der Waals surface area contributed by atoms with Crippen molar-refractivity contribution in [3.05, 3.63) is 69.9 Å². The zero-order valence-corrected chi connectivity index (χ0v) is 22.2. The smallest absolute Gasteiger partial charge is 0.230 e. The van der Waals surface area contributed by atoms with Crippen LogP contribution in [0.4, 0.5) is 0 Å². The second-order valence-electron chi connectivity index (χ2n) is 5.11. The summed E-state index contributed by atoms with van der Waals surface area (Å²) in [5.41, 5.74) is 2.15. The standard InChI is InChI=1S/C18H23N3O2S2.3C2H6/c1-4-17(11-14(2)15(3)21-23)25-10-9-24-13-18(22)20-12-16-7-5-6-8-19-16;3*1-2/h4-8,11H,1,9-10,12-13H2,2-3H3,(H,20,22);3*1-2H3/b15-14+,17-11+;;;. The summed E-state index contributed by atoms with van der Waals surface area (Å²) in [5.74, 6) is 2.14. The molecule has 0 aliphatic heterocycles. The van der Waals surface area contributed by atoms with Crippen LogP contribution >= 0.6 is 23.5 Å². The van der Waals surface area contributed by atoms with E-state index in [0.29, 0.717) is 18.0 Å². The quantitative estimate of drug-likeness (QED) is 0.209. The van der Waals surface area contributed by atoms with E-state index >= 15 is 0 Å². The monoisotopic (exact) mass is 467 g/mol. The molecule has 0 saturated carbocycles. The fourth-order valence-electron chi connectivity index (χ4n) is 1.68. The molecule has 0 aliphatic rings. The predicted molar refractivity (Wildman–Crippen MR) is 142 cm³/mol. The zero-order valence-electron chi connectivity index (χ0n) is 20.5. The lowest BCUT2D eigenvalue weighted by atomic mass is 10.2. The Morgan fingerprint density at radius 2 is 1.77 bits per heavy atom. The predicted octanol–water partition coefficient (Wildman–Crippen LogP) is 7.37. The number of carbonyl (C=O) groups is 1. The van der Waals surface area contributed by atoms with E-state index in [1.165, 1.54) is 0 Å². The number of carbonyl (C=O) groups excluding carboxylic acids is 1. The maximum Gasteiger partial charge on any atom is 0.230 e. The molecular weight excluding hydrogens is 426 g/mol. The van der Waals surface area contributed by atoms with Crippen LogP contribution in [-0.4, -0.2) is 28.1 Å². The van der Waals surface area contributed by atoms with Crippen molar-refractivity contribution in [1.82, 2.24) is 10.3 Å². The average molecular weight is 468 g/mol. The summed E-state index contributed by atoms with van der Waals surface area (Å²) in [6.45, 7) is 19.8. The van der Waals surface area contributed by atoms with E-state index in [0.717, 1.165) is 27.7 Å². The summed E-state index contributed by atoms with van der Waals surface area (Å²) in [4.78, 5) is 27.4. The summed E-state index contributed by atoms with van der Waals surface area (Å²) >= 11 is 3.23. The number of allylic oxidation sites excluding steroid dienone is 4. The molecule has 0 aromatic carbocycles. The molecule has 1 aromatic rings. The van der Waals surface area contributed by atoms with Gasteiger partial charge in [-0.05, 0) is 42.8 Å². The molecule has 1 amide bonds. The summed E-state index contributed by atoms with van der Waals surface area (Å²) in [6.07, 6.45) is 5.37. The molecule has 0 unspecified atom stereocenters. The van der Waals surface area contributed by atoms with E-state index in [1.54, 1.807) is 42.7 Å². The average Bonchev–Trinajstić information content (AvgIpc) is 2.85. The van der Waals surface area contributed by atoms with Crippen molar-refractivity contribution < 1.29 is 4.79 Å². The minimum atomic E-state index is 0.00611. The fraction of sp³-hybridized carbons (Fsp3) is 0.500. The molecule has 31 heavy (non-hydrogen) atoms. The number of nitrogens with one attached hydrogen (secondary N) is 1. The van der Waals surface area contributed by atoms with Crippen LogP contribution in [0, 0.1) is 4.91 Å². The molecule has 0 radical (unpaired) electrons. The number of rotatable bonds is 11. The third kappa shape index (κ3) is 19.8. The van der Waals surface area contributed by atoms with Crippen molar-refractivity contribution in [3.8, 4) is 0 Å². The molecular formula is C24H41N3O2S2. The summed E-state index contributed by atoms with van der Waals surface area (Å²) in [5, 5.41) is 5.78. The lowest BCUT2D eigenvalue weighted by molar-refractivity contribution is -0.118. The van der Waals surface area contributed by atoms with Crippen LogP contribution in [0.5, 0.6) is 0 Å². The van der Waals surface area contributed by atoms with Gasteiger partial charge in [-0.1, -0.05) is 60.3 Å². The molecule has 0 bridgehead atoms. The molecule has 0 fully saturated rings. The molecule has 0 saturated heterocycles. The number of nitrogens with zero attached hydrogens (tertiary/aromatic N) is 2. The van der Waals surface area contributed by atoms with E-state index in [9.17, 15) is 9.70 Å². The first-order chi connectivity index (χ1) is 15.1. The topological polar surface area (TPSA) is 71.4 Å². The molecule has 0 aliphatic carbocycles. The highest BCUT2D eigenvalue weighted by Crippen LogP contribution is 2.21. The Balaban J connectivity index is -0.00000120. The van der Waals surface area contributed by atoms with Gasteiger partial charge in [0, 0.05) is 22.6 Å². The fourth-order valence-corrected chi connectivity index (χ4v) is 3.53. The lowest BCUT2D eigenvalue weighted by Gasteiger charge is -2.05. The minimum absolute atomic E-state index is 0.00611. The number of aromatic nitrogens is 1. The number of pyridine rings is 1. The minimum Gasteiger partial charge on any atom is -0.350 e. The Labute approximate surface area is 198 Å². The number of thioether (sulfide) groups is 2. The van der Waals surface area contributed by atoms with Crippen LogP contribution in [0.2, 0.25) is 0 Å². The van der Waals surface area contributed by atoms with Gasteiger partial charge in [-0.25, -0.2) is 0 Å². The lowest BCUT2D eigenvalue weighted by Crippen LogP contribution is -2.25. The second kappa shape index (κ2) is 26.2. The Hall–Kier alpha value is -1.86. The highest BCUT2D eigenvalue weighted by molar-refractivity contribution is 8.05. The molecule has 1 rings (SSSR count). The van der Waals surface area contributed by atoms with E-state index in [2.05, 4.69) is 22.1 Å². The van der Waals surface area contributed by atoms with Crippen molar-refractivity contribution in [3.63, 3.8) is 0 Å². The van der Waals surface area contributed by atoms with Gasteiger partial charge in [-0.2, -0.15) is 11.8 Å². The van der Waals surface area contributed by atoms with Crippen LogP contribution in [0.15, 0.2) is 64.5 Å². The van der Waals surface area contributed by atoms with Gasteiger partial charge in [-0.3, -0.25) is 9.78 Å². The van der Waals surface area contributed by atoms with Gasteiger partial charge in [0.05, 0.1) is 23.7 Å². The van der Waals surface area contributed by atoms with Gasteiger partial charge in [0.1, 0.15) is 0 Å². The van der Waals surface area contributed by atoms with Gasteiger partial charge >= 0.3 is 0 Å². The summed E-state index contributed by atoms with van der Waals surface area (Å²) < 4.78 is 0. The maximum atomic E-state index is 11.8.